The average molecular weight is 320 g/mol. The smallest absolute Gasteiger partial charge is 0.313 e. The summed E-state index contributed by atoms with van der Waals surface area (Å²) in [5, 5.41) is 8.02. The van der Waals surface area contributed by atoms with Gasteiger partial charge in [-0.25, -0.2) is 13.6 Å². The lowest BCUT2D eigenvalue weighted by Gasteiger charge is -2.06. The highest BCUT2D eigenvalue weighted by molar-refractivity contribution is 5.57. The van der Waals surface area contributed by atoms with E-state index in [1.165, 1.54) is 12.3 Å². The van der Waals surface area contributed by atoms with Crippen molar-refractivity contribution in [1.82, 2.24) is 20.2 Å². The summed E-state index contributed by atoms with van der Waals surface area (Å²) in [6.07, 6.45) is 2.00. The van der Waals surface area contributed by atoms with Crippen LogP contribution in [0.1, 0.15) is 23.6 Å². The summed E-state index contributed by atoms with van der Waals surface area (Å²) in [6, 6.07) is 1.73. The summed E-state index contributed by atoms with van der Waals surface area (Å²) in [5.41, 5.74) is 0.976. The second-order valence-electron chi connectivity index (χ2n) is 5.48. The van der Waals surface area contributed by atoms with Gasteiger partial charge >= 0.3 is 5.69 Å². The molecule has 0 saturated heterocycles. The number of aromatic nitrogens is 4. The van der Waals surface area contributed by atoms with Crippen molar-refractivity contribution in [3.63, 3.8) is 0 Å². The van der Waals surface area contributed by atoms with E-state index in [2.05, 4.69) is 20.2 Å². The third-order valence-electron chi connectivity index (χ3n) is 3.86. The molecule has 2 N–H and O–H groups in total. The Hall–Kier alpha value is -2.64. The Labute approximate surface area is 129 Å². The highest BCUT2D eigenvalue weighted by Gasteiger charge is 2.38. The number of aryl methyl sites for hydroxylation is 1. The van der Waals surface area contributed by atoms with Gasteiger partial charge in [0.1, 0.15) is 5.69 Å². The second-order valence-corrected chi connectivity index (χ2v) is 5.48. The number of allylic oxidation sites excluding steroid dienone is 2. The van der Waals surface area contributed by atoms with Crippen molar-refractivity contribution in [3.05, 3.63) is 56.5 Å². The molecule has 6 nitrogen and oxygen atoms in total. The Kier molecular flexibility index (Phi) is 3.89. The van der Waals surface area contributed by atoms with Gasteiger partial charge in [-0.05, 0) is 42.9 Å². The number of nitrogens with one attached hydrogen (secondary N) is 2. The number of alkyl halides is 2. The summed E-state index contributed by atoms with van der Waals surface area (Å²) in [6.45, 7) is 1.79. The first-order valence-corrected chi connectivity index (χ1v) is 7.09. The summed E-state index contributed by atoms with van der Waals surface area (Å²) < 4.78 is 24.4. The highest BCUT2D eigenvalue weighted by atomic mass is 19.3. The van der Waals surface area contributed by atoms with Crippen LogP contribution >= 0.6 is 0 Å². The molecular formula is C15H14F2N4O2. The maximum Gasteiger partial charge on any atom is 0.325 e. The Balaban J connectivity index is 1.92. The molecule has 0 unspecified atom stereocenters. The molecule has 1 saturated carbocycles. The summed E-state index contributed by atoms with van der Waals surface area (Å²) in [7, 11) is 0. The lowest BCUT2D eigenvalue weighted by molar-refractivity contribution is 0.203. The van der Waals surface area contributed by atoms with E-state index in [-0.39, 0.29) is 17.4 Å². The minimum Gasteiger partial charge on any atom is -0.313 e. The lowest BCUT2D eigenvalue weighted by Crippen LogP contribution is -2.23. The predicted octanol–water partition coefficient (Wildman–Crippen LogP) is 1.75. The van der Waals surface area contributed by atoms with E-state index in [4.69, 9.17) is 0 Å². The monoisotopic (exact) mass is 320 g/mol. The molecule has 120 valence electrons. The lowest BCUT2D eigenvalue weighted by atomic mass is 10.1. The van der Waals surface area contributed by atoms with Crippen molar-refractivity contribution in [2.24, 2.45) is 5.92 Å². The molecule has 23 heavy (non-hydrogen) atoms. The number of hydrogen-bond donors (Lipinski definition) is 2. The van der Waals surface area contributed by atoms with Crippen molar-refractivity contribution >= 4 is 0 Å². The van der Waals surface area contributed by atoms with Gasteiger partial charge in [-0.15, -0.1) is 5.10 Å². The standard InChI is InChI=1S/C15H14F2N4O2/c1-7-9(10-4-8(10)2-3-13(16)17)5-12(21-20-7)11-6-18-15(23)19-14(11)22/h2-3,5-6,8,10,13H,4H2,1H3,(H2,18,19,22,23)/b3-2+/t8-,10-/m0/s1. The quantitative estimate of drug-likeness (QED) is 0.840. The third-order valence-corrected chi connectivity index (χ3v) is 3.86. The molecule has 2 aromatic heterocycles. The van der Waals surface area contributed by atoms with Crippen molar-refractivity contribution in [3.8, 4) is 11.3 Å². The molecule has 0 aromatic carbocycles. The largest absolute Gasteiger partial charge is 0.325 e. The number of halogens is 2. The Morgan fingerprint density at radius 1 is 1.35 bits per heavy atom. The van der Waals surface area contributed by atoms with Crippen LogP contribution < -0.4 is 11.2 Å². The molecule has 1 aliphatic carbocycles. The Morgan fingerprint density at radius 3 is 2.83 bits per heavy atom. The molecule has 0 aliphatic heterocycles. The molecule has 2 heterocycles. The number of hydrogen-bond acceptors (Lipinski definition) is 4. The van der Waals surface area contributed by atoms with E-state index in [1.807, 2.05) is 0 Å². The number of nitrogens with zero attached hydrogens (tertiary/aromatic N) is 2. The minimum atomic E-state index is -2.46. The van der Waals surface area contributed by atoms with Crippen LogP contribution in [0.5, 0.6) is 0 Å². The molecule has 0 amide bonds. The number of H-pyrrole nitrogens is 2. The van der Waals surface area contributed by atoms with Gasteiger partial charge in [-0.3, -0.25) is 9.78 Å². The molecule has 3 rings (SSSR count). The first-order chi connectivity index (χ1) is 11.0. The Bertz CT molecular complexity index is 872. The van der Waals surface area contributed by atoms with Gasteiger partial charge in [0.05, 0.1) is 11.3 Å². The van der Waals surface area contributed by atoms with Gasteiger partial charge < -0.3 is 4.98 Å². The fourth-order valence-corrected chi connectivity index (χ4v) is 2.59. The minimum absolute atomic E-state index is 0.0496. The van der Waals surface area contributed by atoms with E-state index >= 15 is 0 Å². The van der Waals surface area contributed by atoms with Gasteiger partial charge in [0.2, 0.25) is 0 Å². The maximum absolute atomic E-state index is 12.2. The van der Waals surface area contributed by atoms with Crippen LogP contribution in [0.3, 0.4) is 0 Å². The van der Waals surface area contributed by atoms with Gasteiger partial charge in [-0.1, -0.05) is 6.08 Å². The maximum atomic E-state index is 12.2. The van der Waals surface area contributed by atoms with E-state index in [9.17, 15) is 18.4 Å². The number of aromatic amines is 2. The zero-order chi connectivity index (χ0) is 16.6. The van der Waals surface area contributed by atoms with Crippen LogP contribution in [0.2, 0.25) is 0 Å². The van der Waals surface area contributed by atoms with E-state index in [0.29, 0.717) is 11.4 Å². The molecule has 2 aromatic rings. The van der Waals surface area contributed by atoms with Crippen LogP contribution in [0.15, 0.2) is 34.0 Å². The molecule has 1 fully saturated rings. The van der Waals surface area contributed by atoms with Crippen molar-refractivity contribution in [1.29, 1.82) is 0 Å². The van der Waals surface area contributed by atoms with Gasteiger partial charge in [0.15, 0.2) is 0 Å². The molecule has 0 spiro atoms. The van der Waals surface area contributed by atoms with Crippen LogP contribution in [0.25, 0.3) is 11.3 Å². The molecule has 8 heteroatoms. The first-order valence-electron chi connectivity index (χ1n) is 7.09. The zero-order valence-electron chi connectivity index (χ0n) is 12.2. The van der Waals surface area contributed by atoms with Crippen LogP contribution in [-0.4, -0.2) is 26.6 Å². The van der Waals surface area contributed by atoms with E-state index in [1.54, 1.807) is 13.0 Å². The fraction of sp³-hybridized carbons (Fsp3) is 0.333. The molecule has 0 radical (unpaired) electrons. The van der Waals surface area contributed by atoms with Crippen molar-refractivity contribution < 1.29 is 8.78 Å². The van der Waals surface area contributed by atoms with Gasteiger partial charge in [0, 0.05) is 6.20 Å². The first kappa shape index (κ1) is 15.3. The average Bonchev–Trinajstić information content (AvgIpc) is 3.25. The fourth-order valence-electron chi connectivity index (χ4n) is 2.59. The van der Waals surface area contributed by atoms with Crippen LogP contribution in [-0.2, 0) is 0 Å². The molecule has 0 bridgehead atoms. The molecule has 2 atom stereocenters. The summed E-state index contributed by atoms with van der Waals surface area (Å²) in [4.78, 5) is 27.4. The van der Waals surface area contributed by atoms with Crippen molar-refractivity contribution in [2.75, 3.05) is 0 Å². The van der Waals surface area contributed by atoms with Gasteiger partial charge in [0.25, 0.3) is 12.0 Å². The van der Waals surface area contributed by atoms with E-state index < -0.39 is 17.7 Å². The number of rotatable bonds is 4. The summed E-state index contributed by atoms with van der Waals surface area (Å²) in [5.74, 6) is 0.148. The second kappa shape index (κ2) is 5.86. The van der Waals surface area contributed by atoms with Crippen LogP contribution in [0, 0.1) is 12.8 Å². The summed E-state index contributed by atoms with van der Waals surface area (Å²) >= 11 is 0. The van der Waals surface area contributed by atoms with Gasteiger partial charge in [-0.2, -0.15) is 5.10 Å². The molecule has 1 aliphatic rings. The topological polar surface area (TPSA) is 91.5 Å². The van der Waals surface area contributed by atoms with Crippen LogP contribution in [0.4, 0.5) is 8.78 Å². The zero-order valence-corrected chi connectivity index (χ0v) is 12.2. The normalized spacial score (nSPS) is 20.3. The Morgan fingerprint density at radius 2 is 2.13 bits per heavy atom. The molecular weight excluding hydrogens is 306 g/mol. The third kappa shape index (κ3) is 3.25. The SMILES string of the molecule is Cc1nnc(-c2c[nH]c(=O)[nH]c2=O)cc1[C@H]1C[C@@H]1/C=C/C(F)F. The highest BCUT2D eigenvalue weighted by Crippen LogP contribution is 2.49. The van der Waals surface area contributed by atoms with E-state index in [0.717, 1.165) is 18.1 Å². The van der Waals surface area contributed by atoms with Crippen molar-refractivity contribution in [2.45, 2.75) is 25.7 Å². The predicted molar refractivity (Wildman–Crippen MR) is 79.4 cm³/mol.